The van der Waals surface area contributed by atoms with Crippen molar-refractivity contribution in [3.8, 4) is 0 Å². The molecule has 1 saturated heterocycles. The Morgan fingerprint density at radius 2 is 2.28 bits per heavy atom. The molecule has 0 aromatic carbocycles. The van der Waals surface area contributed by atoms with E-state index >= 15 is 0 Å². The summed E-state index contributed by atoms with van der Waals surface area (Å²) in [7, 11) is 2.06. The largest absolute Gasteiger partial charge is 0.337 e. The van der Waals surface area contributed by atoms with Gasteiger partial charge in [0.05, 0.1) is 13.1 Å². The summed E-state index contributed by atoms with van der Waals surface area (Å²) in [6, 6.07) is 2.57. The van der Waals surface area contributed by atoms with Gasteiger partial charge in [-0.2, -0.15) is 5.10 Å². The van der Waals surface area contributed by atoms with Gasteiger partial charge < -0.3 is 4.57 Å². The zero-order valence-electron chi connectivity index (χ0n) is 10.7. The topological polar surface area (TPSA) is 38.9 Å². The molecule has 1 fully saturated rings. The van der Waals surface area contributed by atoms with Crippen LogP contribution < -0.4 is 0 Å². The van der Waals surface area contributed by atoms with E-state index in [9.17, 15) is 0 Å². The molecule has 1 atom stereocenters. The SMILES string of the molecule is Cn1ccnc1CN1CCC[C@H]1Cn1cccn1. The lowest BCUT2D eigenvalue weighted by Crippen LogP contribution is -2.33. The van der Waals surface area contributed by atoms with Crippen LogP contribution in [0.2, 0.25) is 0 Å². The fourth-order valence-corrected chi connectivity index (χ4v) is 2.66. The second-order valence-electron chi connectivity index (χ2n) is 4.95. The molecule has 0 radical (unpaired) electrons. The molecule has 3 rings (SSSR count). The highest BCUT2D eigenvalue weighted by molar-refractivity contribution is 4.93. The standard InChI is InChI=1S/C13H19N5/c1-16-9-6-14-13(16)11-17-7-2-4-12(17)10-18-8-3-5-15-18/h3,5-6,8-9,12H,2,4,7,10-11H2,1H3/t12-/m0/s1. The lowest BCUT2D eigenvalue weighted by atomic mass is 10.2. The van der Waals surface area contributed by atoms with Crippen LogP contribution in [0.4, 0.5) is 0 Å². The van der Waals surface area contributed by atoms with E-state index in [1.807, 2.05) is 35.5 Å². The van der Waals surface area contributed by atoms with Crippen LogP contribution in [0.25, 0.3) is 0 Å². The lowest BCUT2D eigenvalue weighted by Gasteiger charge is -2.24. The number of rotatable bonds is 4. The van der Waals surface area contributed by atoms with Crippen LogP contribution in [-0.4, -0.2) is 36.8 Å². The third-order valence-electron chi connectivity index (χ3n) is 3.72. The van der Waals surface area contributed by atoms with Crippen LogP contribution in [-0.2, 0) is 20.1 Å². The van der Waals surface area contributed by atoms with Crippen molar-refractivity contribution in [1.82, 2.24) is 24.2 Å². The van der Waals surface area contributed by atoms with Crippen molar-refractivity contribution >= 4 is 0 Å². The Labute approximate surface area is 107 Å². The van der Waals surface area contributed by atoms with E-state index in [0.717, 1.165) is 18.9 Å². The summed E-state index contributed by atoms with van der Waals surface area (Å²) >= 11 is 0. The molecule has 1 aliphatic heterocycles. The van der Waals surface area contributed by atoms with Crippen LogP contribution in [0.3, 0.4) is 0 Å². The minimum Gasteiger partial charge on any atom is -0.337 e. The Morgan fingerprint density at radius 1 is 1.33 bits per heavy atom. The molecule has 2 aromatic rings. The molecule has 5 heteroatoms. The Bertz CT molecular complexity index is 487. The van der Waals surface area contributed by atoms with Crippen molar-refractivity contribution < 1.29 is 0 Å². The van der Waals surface area contributed by atoms with E-state index in [4.69, 9.17) is 0 Å². The molecule has 0 amide bonds. The zero-order valence-corrected chi connectivity index (χ0v) is 10.7. The van der Waals surface area contributed by atoms with Crippen molar-refractivity contribution in [3.05, 3.63) is 36.7 Å². The number of aryl methyl sites for hydroxylation is 1. The number of nitrogens with zero attached hydrogens (tertiary/aromatic N) is 5. The molecule has 0 aliphatic carbocycles. The first-order chi connectivity index (χ1) is 8.83. The van der Waals surface area contributed by atoms with Crippen LogP contribution in [0, 0.1) is 0 Å². The summed E-state index contributed by atoms with van der Waals surface area (Å²) in [4.78, 5) is 6.93. The molecular weight excluding hydrogens is 226 g/mol. The number of likely N-dealkylation sites (tertiary alicyclic amines) is 1. The van der Waals surface area contributed by atoms with E-state index < -0.39 is 0 Å². The molecule has 2 aromatic heterocycles. The Hall–Kier alpha value is -1.62. The molecule has 0 bridgehead atoms. The van der Waals surface area contributed by atoms with Crippen molar-refractivity contribution in [2.45, 2.75) is 32.0 Å². The van der Waals surface area contributed by atoms with Gasteiger partial charge in [0.15, 0.2) is 0 Å². The molecule has 0 saturated carbocycles. The van der Waals surface area contributed by atoms with Crippen molar-refractivity contribution in [2.75, 3.05) is 6.54 Å². The molecule has 96 valence electrons. The van der Waals surface area contributed by atoms with E-state index in [1.165, 1.54) is 19.4 Å². The molecule has 0 N–H and O–H groups in total. The van der Waals surface area contributed by atoms with Gasteiger partial charge in [-0.05, 0) is 25.5 Å². The van der Waals surface area contributed by atoms with Gasteiger partial charge in [0, 0.05) is 37.9 Å². The lowest BCUT2D eigenvalue weighted by molar-refractivity contribution is 0.212. The smallest absolute Gasteiger partial charge is 0.122 e. The van der Waals surface area contributed by atoms with Crippen molar-refractivity contribution in [1.29, 1.82) is 0 Å². The van der Waals surface area contributed by atoms with E-state index in [-0.39, 0.29) is 0 Å². The van der Waals surface area contributed by atoms with Gasteiger partial charge in [0.2, 0.25) is 0 Å². The average Bonchev–Trinajstić information content (AvgIpc) is 3.06. The van der Waals surface area contributed by atoms with Gasteiger partial charge in [-0.1, -0.05) is 0 Å². The number of hydrogen-bond donors (Lipinski definition) is 0. The summed E-state index contributed by atoms with van der Waals surface area (Å²) in [6.45, 7) is 3.09. The maximum Gasteiger partial charge on any atom is 0.122 e. The first-order valence-corrected chi connectivity index (χ1v) is 6.50. The van der Waals surface area contributed by atoms with Crippen LogP contribution in [0.5, 0.6) is 0 Å². The third-order valence-corrected chi connectivity index (χ3v) is 3.72. The first kappa shape index (κ1) is 11.5. The quantitative estimate of drug-likeness (QED) is 0.814. The Morgan fingerprint density at radius 3 is 3.00 bits per heavy atom. The summed E-state index contributed by atoms with van der Waals surface area (Å²) in [5.74, 6) is 1.14. The van der Waals surface area contributed by atoms with Gasteiger partial charge in [0.25, 0.3) is 0 Å². The summed E-state index contributed by atoms with van der Waals surface area (Å²) < 4.78 is 4.13. The summed E-state index contributed by atoms with van der Waals surface area (Å²) in [6.07, 6.45) is 10.3. The Kier molecular flexibility index (Phi) is 3.15. The molecule has 3 heterocycles. The minimum atomic E-state index is 0.585. The number of hydrogen-bond acceptors (Lipinski definition) is 3. The summed E-state index contributed by atoms with van der Waals surface area (Å²) in [5.41, 5.74) is 0. The van der Waals surface area contributed by atoms with Gasteiger partial charge in [0.1, 0.15) is 5.82 Å². The molecule has 18 heavy (non-hydrogen) atoms. The predicted molar refractivity (Wildman–Crippen MR) is 68.9 cm³/mol. The van der Waals surface area contributed by atoms with Crippen LogP contribution in [0.1, 0.15) is 18.7 Å². The van der Waals surface area contributed by atoms with Gasteiger partial charge in [-0.25, -0.2) is 4.98 Å². The van der Waals surface area contributed by atoms with Gasteiger partial charge in [-0.3, -0.25) is 9.58 Å². The van der Waals surface area contributed by atoms with Crippen LogP contribution >= 0.6 is 0 Å². The Balaban J connectivity index is 1.66. The van der Waals surface area contributed by atoms with Crippen molar-refractivity contribution in [3.63, 3.8) is 0 Å². The van der Waals surface area contributed by atoms with Crippen molar-refractivity contribution in [2.24, 2.45) is 7.05 Å². The molecule has 0 spiro atoms. The third kappa shape index (κ3) is 2.31. The molecular formula is C13H19N5. The second kappa shape index (κ2) is 4.94. The molecule has 0 unspecified atom stereocenters. The predicted octanol–water partition coefficient (Wildman–Crippen LogP) is 1.28. The van der Waals surface area contributed by atoms with Crippen LogP contribution in [0.15, 0.2) is 30.9 Å². The fourth-order valence-electron chi connectivity index (χ4n) is 2.66. The fraction of sp³-hybridized carbons (Fsp3) is 0.538. The number of aromatic nitrogens is 4. The van der Waals surface area contributed by atoms with E-state index in [0.29, 0.717) is 6.04 Å². The van der Waals surface area contributed by atoms with E-state index in [1.54, 1.807) is 0 Å². The highest BCUT2D eigenvalue weighted by atomic mass is 15.3. The molecule has 5 nitrogen and oxygen atoms in total. The van der Waals surface area contributed by atoms with Gasteiger partial charge in [-0.15, -0.1) is 0 Å². The van der Waals surface area contributed by atoms with E-state index in [2.05, 4.69) is 26.6 Å². The minimum absolute atomic E-state index is 0.585. The maximum absolute atomic E-state index is 4.41. The van der Waals surface area contributed by atoms with Gasteiger partial charge >= 0.3 is 0 Å². The highest BCUT2D eigenvalue weighted by Gasteiger charge is 2.25. The summed E-state index contributed by atoms with van der Waals surface area (Å²) in [5, 5.41) is 4.30. The normalized spacial score (nSPS) is 20.6. The molecule has 1 aliphatic rings. The monoisotopic (exact) mass is 245 g/mol. The zero-order chi connectivity index (χ0) is 12.4. The maximum atomic E-state index is 4.41. The average molecular weight is 245 g/mol. The number of imidazole rings is 1. The highest BCUT2D eigenvalue weighted by Crippen LogP contribution is 2.20. The second-order valence-corrected chi connectivity index (χ2v) is 4.95. The first-order valence-electron chi connectivity index (χ1n) is 6.50.